The third-order valence-electron chi connectivity index (χ3n) is 4.93. The van der Waals surface area contributed by atoms with Crippen molar-refractivity contribution in [1.82, 2.24) is 19.7 Å². The van der Waals surface area contributed by atoms with Crippen LogP contribution in [0, 0.1) is 0 Å². The van der Waals surface area contributed by atoms with Crippen molar-refractivity contribution in [2.45, 2.75) is 4.90 Å². The molecule has 2 aromatic rings. The van der Waals surface area contributed by atoms with Gasteiger partial charge in [0.2, 0.25) is 29.1 Å². The highest BCUT2D eigenvalue weighted by atomic mass is 32.2. The number of aromatic nitrogens is 3. The van der Waals surface area contributed by atoms with E-state index in [1.165, 1.54) is 4.90 Å². The van der Waals surface area contributed by atoms with Crippen molar-refractivity contribution < 1.29 is 41.5 Å². The first-order valence-corrected chi connectivity index (χ1v) is 13.0. The van der Waals surface area contributed by atoms with Gasteiger partial charge in [-0.1, -0.05) is 0 Å². The van der Waals surface area contributed by atoms with Crippen LogP contribution in [-0.4, -0.2) is 105 Å². The summed E-state index contributed by atoms with van der Waals surface area (Å²) >= 11 is -2.25. The first-order chi connectivity index (χ1) is 17.1. The van der Waals surface area contributed by atoms with Gasteiger partial charge in [-0.2, -0.15) is 23.4 Å². The molecule has 36 heavy (non-hydrogen) atoms. The molecule has 198 valence electrons. The molecule has 6 N–H and O–H groups in total. The van der Waals surface area contributed by atoms with E-state index < -0.39 is 32.2 Å². The first-order valence-electron chi connectivity index (χ1n) is 10.5. The number of nitrogens with zero attached hydrogens (tertiary/aromatic N) is 5. The second-order valence-corrected chi connectivity index (χ2v) is 9.53. The molecule has 1 aromatic carbocycles. The van der Waals surface area contributed by atoms with Crippen molar-refractivity contribution in [3.05, 3.63) is 23.8 Å². The maximum atomic E-state index is 11.7. The molecular formula is C18H25N7O9S2. The van der Waals surface area contributed by atoms with Crippen LogP contribution >= 0.6 is 0 Å². The summed E-state index contributed by atoms with van der Waals surface area (Å²) in [6.07, 6.45) is 0. The van der Waals surface area contributed by atoms with Gasteiger partial charge in [0.1, 0.15) is 0 Å². The van der Waals surface area contributed by atoms with E-state index in [0.29, 0.717) is 26.3 Å². The van der Waals surface area contributed by atoms with Gasteiger partial charge < -0.3 is 30.1 Å². The van der Waals surface area contributed by atoms with Gasteiger partial charge in [0, 0.05) is 32.7 Å². The first kappa shape index (κ1) is 27.6. The smallest absolute Gasteiger partial charge is 0.337 e. The average molecular weight is 548 g/mol. The molecule has 3 rings (SSSR count). The molecule has 0 aliphatic carbocycles. The Hall–Kier alpha value is -3.00. The van der Waals surface area contributed by atoms with Gasteiger partial charge in [0.25, 0.3) is 10.1 Å². The Bertz CT molecular complexity index is 1210. The third kappa shape index (κ3) is 7.50. The fourth-order valence-electron chi connectivity index (χ4n) is 3.25. The van der Waals surface area contributed by atoms with Crippen LogP contribution in [0.3, 0.4) is 0 Å². The maximum absolute atomic E-state index is 11.7. The predicted molar refractivity (Wildman–Crippen MR) is 127 cm³/mol. The lowest BCUT2D eigenvalue weighted by atomic mass is 10.2. The lowest BCUT2D eigenvalue weighted by Gasteiger charge is -2.28. The molecule has 1 aliphatic rings. The molecule has 2 heterocycles. The number of aromatic carboxylic acids is 1. The SMILES string of the molecule is O=C(O)c1ccc(S(=O)(=O)O)cc1Nc1nc(N(CCO)CCNS(=O)O)nc(N2CCOCC2)n1. The Labute approximate surface area is 208 Å². The van der Waals surface area contributed by atoms with Crippen LogP contribution in [0.25, 0.3) is 0 Å². The van der Waals surface area contributed by atoms with Gasteiger partial charge in [-0.05, 0) is 18.2 Å². The molecule has 1 unspecified atom stereocenters. The van der Waals surface area contributed by atoms with Crippen molar-refractivity contribution in [2.24, 2.45) is 0 Å². The van der Waals surface area contributed by atoms with Crippen molar-refractivity contribution in [3.63, 3.8) is 0 Å². The summed E-state index contributed by atoms with van der Waals surface area (Å²) in [4.78, 5) is 27.5. The summed E-state index contributed by atoms with van der Waals surface area (Å²) in [5.74, 6) is -1.24. The van der Waals surface area contributed by atoms with Crippen LogP contribution in [0.2, 0.25) is 0 Å². The van der Waals surface area contributed by atoms with E-state index in [1.807, 2.05) is 0 Å². The largest absolute Gasteiger partial charge is 0.478 e. The van der Waals surface area contributed by atoms with Crippen LogP contribution in [0.4, 0.5) is 23.5 Å². The van der Waals surface area contributed by atoms with Crippen molar-refractivity contribution >= 4 is 50.9 Å². The second kappa shape index (κ2) is 12.3. The normalized spacial score (nSPS) is 14.9. The Morgan fingerprint density at radius 2 is 1.92 bits per heavy atom. The van der Waals surface area contributed by atoms with Gasteiger partial charge in [-0.3, -0.25) is 9.11 Å². The highest BCUT2D eigenvalue weighted by Gasteiger charge is 2.22. The lowest BCUT2D eigenvalue weighted by Crippen LogP contribution is -2.39. The minimum atomic E-state index is -4.63. The van der Waals surface area contributed by atoms with Crippen LogP contribution in [0.1, 0.15) is 10.4 Å². The Morgan fingerprint density at radius 1 is 1.19 bits per heavy atom. The predicted octanol–water partition coefficient (Wildman–Crippen LogP) is -1.08. The number of carboxylic acid groups (broad SMARTS) is 1. The van der Waals surface area contributed by atoms with Crippen LogP contribution < -0.4 is 19.8 Å². The van der Waals surface area contributed by atoms with Crippen LogP contribution in [0.15, 0.2) is 23.1 Å². The number of morpholine rings is 1. The number of benzene rings is 1. The molecule has 1 aliphatic heterocycles. The molecular weight excluding hydrogens is 522 g/mol. The standard InChI is InChI=1S/C18H25N7O9S2/c26-8-5-24(4-3-19-35(29)30)17-21-16(22-18(23-17)25-6-9-34-10-7-25)20-14-11-12(36(31,32)33)1-2-13(14)15(27)28/h1-2,11,19,26H,3-10H2,(H,27,28)(H,29,30)(H,31,32,33)(H,20,21,22,23). The lowest BCUT2D eigenvalue weighted by molar-refractivity contribution is 0.0697. The fourth-order valence-corrected chi connectivity index (χ4v) is 4.02. The summed E-state index contributed by atoms with van der Waals surface area (Å²) in [5, 5.41) is 21.7. The summed E-state index contributed by atoms with van der Waals surface area (Å²) in [6.45, 7) is 1.67. The zero-order valence-corrected chi connectivity index (χ0v) is 20.4. The molecule has 0 saturated carbocycles. The summed E-state index contributed by atoms with van der Waals surface area (Å²) in [7, 11) is -4.63. The van der Waals surface area contributed by atoms with Gasteiger partial charge in [-0.25, -0.2) is 13.7 Å². The second-order valence-electron chi connectivity index (χ2n) is 7.33. The van der Waals surface area contributed by atoms with Crippen molar-refractivity contribution in [3.8, 4) is 0 Å². The molecule has 0 radical (unpaired) electrons. The molecule has 1 aromatic heterocycles. The minimum absolute atomic E-state index is 0.0456. The van der Waals surface area contributed by atoms with E-state index in [4.69, 9.17) is 9.29 Å². The quantitative estimate of drug-likeness (QED) is 0.137. The Balaban J connectivity index is 2.04. The van der Waals surface area contributed by atoms with Gasteiger partial charge in [-0.15, -0.1) is 0 Å². The number of aliphatic hydroxyl groups excluding tert-OH is 1. The molecule has 1 fully saturated rings. The van der Waals surface area contributed by atoms with Crippen molar-refractivity contribution in [2.75, 3.05) is 67.7 Å². The van der Waals surface area contributed by atoms with E-state index in [9.17, 15) is 32.2 Å². The van der Waals surface area contributed by atoms with Crippen LogP contribution in [0.5, 0.6) is 0 Å². The molecule has 1 atom stereocenters. The monoisotopic (exact) mass is 547 g/mol. The summed E-state index contributed by atoms with van der Waals surface area (Å²) in [5.41, 5.74) is -0.507. The number of carboxylic acids is 1. The number of nitrogens with one attached hydrogen (secondary N) is 2. The number of hydrogen-bond acceptors (Lipinski definition) is 12. The maximum Gasteiger partial charge on any atom is 0.337 e. The number of anilines is 4. The minimum Gasteiger partial charge on any atom is -0.478 e. The van der Waals surface area contributed by atoms with E-state index in [-0.39, 0.29) is 55.3 Å². The average Bonchev–Trinajstić information content (AvgIpc) is 2.83. The number of rotatable bonds is 12. The summed E-state index contributed by atoms with van der Waals surface area (Å²) < 4.78 is 60.1. The van der Waals surface area contributed by atoms with E-state index >= 15 is 0 Å². The van der Waals surface area contributed by atoms with Crippen molar-refractivity contribution in [1.29, 1.82) is 0 Å². The van der Waals surface area contributed by atoms with Gasteiger partial charge >= 0.3 is 5.97 Å². The Morgan fingerprint density at radius 3 is 2.53 bits per heavy atom. The molecule has 16 nitrogen and oxygen atoms in total. The third-order valence-corrected chi connectivity index (χ3v) is 6.23. The number of carbonyl (C=O) groups is 1. The molecule has 1 saturated heterocycles. The topological polar surface area (TPSA) is 228 Å². The fraction of sp³-hybridized carbons (Fsp3) is 0.444. The summed E-state index contributed by atoms with van der Waals surface area (Å²) in [6, 6.07) is 2.89. The van der Waals surface area contributed by atoms with E-state index in [1.54, 1.807) is 4.90 Å². The van der Waals surface area contributed by atoms with Gasteiger partial charge in [0.05, 0.1) is 36.0 Å². The Kier molecular flexibility index (Phi) is 9.43. The van der Waals surface area contributed by atoms with E-state index in [0.717, 1.165) is 18.2 Å². The molecule has 0 bridgehead atoms. The highest BCUT2D eigenvalue weighted by Crippen LogP contribution is 2.25. The molecule has 0 amide bonds. The van der Waals surface area contributed by atoms with Gasteiger partial charge in [0.15, 0.2) is 0 Å². The highest BCUT2D eigenvalue weighted by molar-refractivity contribution is 7.85. The van der Waals surface area contributed by atoms with E-state index in [2.05, 4.69) is 25.0 Å². The zero-order chi connectivity index (χ0) is 26.3. The number of hydrogen-bond donors (Lipinski definition) is 6. The molecule has 18 heteroatoms. The molecule has 0 spiro atoms. The zero-order valence-electron chi connectivity index (χ0n) is 18.8. The van der Waals surface area contributed by atoms with Crippen LogP contribution in [-0.2, 0) is 26.1 Å². The number of aliphatic hydroxyl groups is 1. The number of ether oxygens (including phenoxy) is 1.